The second kappa shape index (κ2) is 10.6. The molecule has 29 heavy (non-hydrogen) atoms. The molecule has 7 nitrogen and oxygen atoms in total. The van der Waals surface area contributed by atoms with E-state index < -0.39 is 4.92 Å². The van der Waals surface area contributed by atoms with Crippen LogP contribution in [-0.2, 0) is 9.53 Å². The number of nitrogens with one attached hydrogen (secondary N) is 1. The van der Waals surface area contributed by atoms with Crippen molar-refractivity contribution in [3.8, 4) is 0 Å². The van der Waals surface area contributed by atoms with Gasteiger partial charge in [-0.3, -0.25) is 19.8 Å². The molecule has 0 bridgehead atoms. The molecule has 1 heterocycles. The van der Waals surface area contributed by atoms with Crippen LogP contribution in [-0.4, -0.2) is 54.3 Å². The lowest BCUT2D eigenvalue weighted by atomic mass is 10.0. The topological polar surface area (TPSA) is 84.7 Å². The van der Waals surface area contributed by atoms with E-state index in [4.69, 9.17) is 16.3 Å². The van der Waals surface area contributed by atoms with Gasteiger partial charge in [-0.1, -0.05) is 29.8 Å². The number of ether oxygens (including phenoxy) is 1. The lowest BCUT2D eigenvalue weighted by Gasteiger charge is -2.35. The van der Waals surface area contributed by atoms with Crippen molar-refractivity contribution in [2.24, 2.45) is 0 Å². The molecule has 1 saturated heterocycles. The molecule has 1 aliphatic rings. The standard InChI is InChI=1S/C20H22ClN3O4S/c21-18-4-2-1-3-17(18)19(23-9-11-28-12-10-23)13-22-20(25)14-29-16-7-5-15(6-8-16)24(26)27/h1-8,19H,9-14H2,(H,22,25). The van der Waals surface area contributed by atoms with Crippen molar-refractivity contribution in [2.75, 3.05) is 38.6 Å². The Morgan fingerprint density at radius 3 is 2.55 bits per heavy atom. The third-order valence-corrected chi connectivity index (χ3v) is 6.02. The zero-order valence-corrected chi connectivity index (χ0v) is 17.3. The third-order valence-electron chi connectivity index (χ3n) is 4.66. The number of nitro benzene ring substituents is 1. The van der Waals surface area contributed by atoms with Gasteiger partial charge in [0.1, 0.15) is 0 Å². The van der Waals surface area contributed by atoms with Gasteiger partial charge in [-0.2, -0.15) is 0 Å². The van der Waals surface area contributed by atoms with Gasteiger partial charge in [0.05, 0.1) is 29.9 Å². The summed E-state index contributed by atoms with van der Waals surface area (Å²) in [6.07, 6.45) is 0. The number of nitro groups is 1. The first kappa shape index (κ1) is 21.6. The van der Waals surface area contributed by atoms with Crippen molar-refractivity contribution in [3.05, 3.63) is 69.2 Å². The van der Waals surface area contributed by atoms with Crippen LogP contribution in [0.3, 0.4) is 0 Å². The molecule has 0 aliphatic carbocycles. The van der Waals surface area contributed by atoms with Crippen molar-refractivity contribution in [1.29, 1.82) is 0 Å². The minimum atomic E-state index is -0.443. The Morgan fingerprint density at radius 1 is 1.21 bits per heavy atom. The summed E-state index contributed by atoms with van der Waals surface area (Å²) in [5.74, 6) is 0.134. The quantitative estimate of drug-likeness (QED) is 0.388. The van der Waals surface area contributed by atoms with E-state index in [1.807, 2.05) is 24.3 Å². The van der Waals surface area contributed by atoms with Crippen LogP contribution >= 0.6 is 23.4 Å². The van der Waals surface area contributed by atoms with Gasteiger partial charge >= 0.3 is 0 Å². The van der Waals surface area contributed by atoms with Gasteiger partial charge in [0, 0.05) is 41.7 Å². The van der Waals surface area contributed by atoms with Crippen molar-refractivity contribution in [2.45, 2.75) is 10.9 Å². The van der Waals surface area contributed by atoms with E-state index in [2.05, 4.69) is 10.2 Å². The summed E-state index contributed by atoms with van der Waals surface area (Å²) in [7, 11) is 0. The van der Waals surface area contributed by atoms with Gasteiger partial charge in [0.2, 0.25) is 5.91 Å². The molecule has 1 aliphatic heterocycles. The van der Waals surface area contributed by atoms with E-state index in [9.17, 15) is 14.9 Å². The van der Waals surface area contributed by atoms with E-state index in [0.717, 1.165) is 23.5 Å². The molecule has 2 aromatic rings. The summed E-state index contributed by atoms with van der Waals surface area (Å²) in [6.45, 7) is 3.33. The zero-order valence-electron chi connectivity index (χ0n) is 15.8. The van der Waals surface area contributed by atoms with Gasteiger partial charge in [-0.15, -0.1) is 11.8 Å². The van der Waals surface area contributed by atoms with Gasteiger partial charge in [0.15, 0.2) is 0 Å². The van der Waals surface area contributed by atoms with Crippen LogP contribution in [0.25, 0.3) is 0 Å². The highest BCUT2D eigenvalue weighted by Crippen LogP contribution is 2.28. The highest BCUT2D eigenvalue weighted by Gasteiger charge is 2.24. The van der Waals surface area contributed by atoms with E-state index >= 15 is 0 Å². The number of carbonyl (C=O) groups is 1. The zero-order chi connectivity index (χ0) is 20.6. The summed E-state index contributed by atoms with van der Waals surface area (Å²) < 4.78 is 5.44. The molecule has 1 N–H and O–H groups in total. The molecule has 0 spiro atoms. The summed E-state index contributed by atoms with van der Waals surface area (Å²) in [5, 5.41) is 14.4. The van der Waals surface area contributed by atoms with Gasteiger partial charge in [-0.05, 0) is 23.8 Å². The molecule has 0 radical (unpaired) electrons. The van der Waals surface area contributed by atoms with Gasteiger partial charge in [-0.25, -0.2) is 0 Å². The maximum absolute atomic E-state index is 12.4. The normalized spacial score (nSPS) is 15.6. The van der Waals surface area contributed by atoms with Crippen LogP contribution in [0.4, 0.5) is 5.69 Å². The van der Waals surface area contributed by atoms with Crippen LogP contribution in [0.1, 0.15) is 11.6 Å². The summed E-state index contributed by atoms with van der Waals surface area (Å²) in [6, 6.07) is 13.8. The Balaban J connectivity index is 1.57. The minimum absolute atomic E-state index is 0.0269. The number of hydrogen-bond donors (Lipinski definition) is 1. The van der Waals surface area contributed by atoms with E-state index in [1.54, 1.807) is 12.1 Å². The predicted octanol–water partition coefficient (Wildman–Crippen LogP) is 3.53. The Morgan fingerprint density at radius 2 is 1.90 bits per heavy atom. The second-order valence-electron chi connectivity index (χ2n) is 6.53. The molecule has 2 aromatic carbocycles. The Bertz CT molecular complexity index is 844. The first-order chi connectivity index (χ1) is 14.0. The number of halogens is 1. The second-order valence-corrected chi connectivity index (χ2v) is 7.99. The number of carbonyl (C=O) groups excluding carboxylic acids is 1. The lowest BCUT2D eigenvalue weighted by molar-refractivity contribution is -0.384. The molecule has 1 atom stereocenters. The molecular formula is C20H22ClN3O4S. The number of hydrogen-bond acceptors (Lipinski definition) is 6. The maximum Gasteiger partial charge on any atom is 0.269 e. The van der Waals surface area contributed by atoms with Crippen molar-refractivity contribution in [1.82, 2.24) is 10.2 Å². The molecule has 3 rings (SSSR count). The van der Waals surface area contributed by atoms with Crippen LogP contribution in [0.2, 0.25) is 5.02 Å². The highest BCUT2D eigenvalue weighted by molar-refractivity contribution is 8.00. The maximum atomic E-state index is 12.4. The molecule has 0 saturated carbocycles. The van der Waals surface area contributed by atoms with E-state index in [-0.39, 0.29) is 23.4 Å². The highest BCUT2D eigenvalue weighted by atomic mass is 35.5. The average molecular weight is 436 g/mol. The fourth-order valence-electron chi connectivity index (χ4n) is 3.14. The SMILES string of the molecule is O=C(CSc1ccc([N+](=O)[O-])cc1)NCC(c1ccccc1Cl)N1CCOCC1. The van der Waals surface area contributed by atoms with E-state index in [0.29, 0.717) is 24.8 Å². The number of nitrogens with zero attached hydrogens (tertiary/aromatic N) is 2. The van der Waals surface area contributed by atoms with Crippen LogP contribution in [0.5, 0.6) is 0 Å². The van der Waals surface area contributed by atoms with Crippen LogP contribution in [0, 0.1) is 10.1 Å². The third kappa shape index (κ3) is 6.17. The molecule has 0 aromatic heterocycles. The van der Waals surface area contributed by atoms with Gasteiger partial charge < -0.3 is 10.1 Å². The summed E-state index contributed by atoms with van der Waals surface area (Å²) in [5.41, 5.74) is 1.02. The number of amides is 1. The van der Waals surface area contributed by atoms with Crippen molar-refractivity contribution < 1.29 is 14.5 Å². The van der Waals surface area contributed by atoms with Crippen molar-refractivity contribution in [3.63, 3.8) is 0 Å². The molecule has 9 heteroatoms. The number of morpholine rings is 1. The van der Waals surface area contributed by atoms with Gasteiger partial charge in [0.25, 0.3) is 5.69 Å². The molecule has 1 fully saturated rings. The fraction of sp³-hybridized carbons (Fsp3) is 0.350. The first-order valence-corrected chi connectivity index (χ1v) is 10.6. The minimum Gasteiger partial charge on any atom is -0.379 e. The summed E-state index contributed by atoms with van der Waals surface area (Å²) in [4.78, 5) is 25.7. The lowest BCUT2D eigenvalue weighted by Crippen LogP contribution is -2.44. The monoisotopic (exact) mass is 435 g/mol. The van der Waals surface area contributed by atoms with Crippen LogP contribution < -0.4 is 5.32 Å². The smallest absolute Gasteiger partial charge is 0.269 e. The Hall–Kier alpha value is -2.13. The Kier molecular flexibility index (Phi) is 7.88. The number of non-ortho nitro benzene ring substituents is 1. The van der Waals surface area contributed by atoms with E-state index in [1.165, 1.54) is 23.9 Å². The average Bonchev–Trinajstić information content (AvgIpc) is 2.74. The van der Waals surface area contributed by atoms with Crippen molar-refractivity contribution >= 4 is 35.0 Å². The largest absolute Gasteiger partial charge is 0.379 e. The number of thioether (sulfide) groups is 1. The first-order valence-electron chi connectivity index (χ1n) is 9.25. The predicted molar refractivity (Wildman–Crippen MR) is 113 cm³/mol. The molecule has 154 valence electrons. The molecular weight excluding hydrogens is 414 g/mol. The summed E-state index contributed by atoms with van der Waals surface area (Å²) >= 11 is 7.75. The number of rotatable bonds is 8. The fourth-order valence-corrected chi connectivity index (χ4v) is 4.13. The Labute approximate surface area is 178 Å². The number of benzene rings is 2. The molecule has 1 amide bonds. The molecule has 1 unspecified atom stereocenters. The van der Waals surface area contributed by atoms with Crippen LogP contribution in [0.15, 0.2) is 53.4 Å².